The average molecular weight is 401 g/mol. The molecule has 0 aliphatic rings. The van der Waals surface area contributed by atoms with Gasteiger partial charge in [-0.25, -0.2) is 0 Å². The Hall–Kier alpha value is -3.75. The van der Waals surface area contributed by atoms with E-state index in [-0.39, 0.29) is 24.1 Å². The van der Waals surface area contributed by atoms with E-state index in [2.05, 4.69) is 10.6 Å². The molecule has 0 atom stereocenters. The van der Waals surface area contributed by atoms with Gasteiger partial charge in [0.2, 0.25) is 11.7 Å². The molecule has 0 spiro atoms. The summed E-state index contributed by atoms with van der Waals surface area (Å²) in [5.74, 6) is -0.410. The Labute approximate surface area is 168 Å². The minimum absolute atomic E-state index is 0.0195. The van der Waals surface area contributed by atoms with Gasteiger partial charge in [0.15, 0.2) is 11.5 Å². The van der Waals surface area contributed by atoms with E-state index in [1.54, 1.807) is 24.3 Å². The molecule has 2 aromatic rings. The van der Waals surface area contributed by atoms with Crippen LogP contribution in [0.25, 0.3) is 0 Å². The Morgan fingerprint density at radius 3 is 2.10 bits per heavy atom. The fourth-order valence-electron chi connectivity index (χ4n) is 2.59. The van der Waals surface area contributed by atoms with Gasteiger partial charge in [0, 0.05) is 18.5 Å². The molecular weight excluding hydrogens is 378 g/mol. The number of carbonyl (C=O) groups is 3. The first-order valence-corrected chi connectivity index (χ1v) is 8.68. The normalized spacial score (nSPS) is 10.0. The summed E-state index contributed by atoms with van der Waals surface area (Å²) < 4.78 is 15.8. The summed E-state index contributed by atoms with van der Waals surface area (Å²) in [5.41, 5.74) is 5.88. The second kappa shape index (κ2) is 9.98. The number of hydrogen-bond acceptors (Lipinski definition) is 6. The fourth-order valence-corrected chi connectivity index (χ4v) is 2.59. The van der Waals surface area contributed by atoms with Gasteiger partial charge >= 0.3 is 0 Å². The molecule has 29 heavy (non-hydrogen) atoms. The highest BCUT2D eigenvalue weighted by Gasteiger charge is 2.19. The summed E-state index contributed by atoms with van der Waals surface area (Å²) in [6.45, 7) is 0.101. The number of carbonyl (C=O) groups excluding carboxylic acids is 3. The number of methoxy groups -OCH3 is 3. The fraction of sp³-hybridized carbons (Fsp3) is 0.250. The molecule has 0 heterocycles. The van der Waals surface area contributed by atoms with Crippen LogP contribution in [0.15, 0.2) is 36.4 Å². The van der Waals surface area contributed by atoms with Gasteiger partial charge in [-0.3, -0.25) is 14.4 Å². The van der Waals surface area contributed by atoms with Gasteiger partial charge < -0.3 is 30.6 Å². The third kappa shape index (κ3) is 5.38. The van der Waals surface area contributed by atoms with Crippen LogP contribution < -0.4 is 30.6 Å². The SMILES string of the molecule is COc1cc(C(=O)Nc2ccccc2C(=O)NCCC(N)=O)cc(OC)c1OC. The molecule has 0 aliphatic carbocycles. The number of primary amides is 1. The molecule has 0 unspecified atom stereocenters. The van der Waals surface area contributed by atoms with Crippen molar-refractivity contribution < 1.29 is 28.6 Å². The lowest BCUT2D eigenvalue weighted by Gasteiger charge is -2.15. The Kier molecular flexibility index (Phi) is 7.41. The predicted octanol–water partition coefficient (Wildman–Crippen LogP) is 1.57. The molecule has 0 fully saturated rings. The third-order valence-corrected chi connectivity index (χ3v) is 4.00. The van der Waals surface area contributed by atoms with Crippen molar-refractivity contribution in [3.05, 3.63) is 47.5 Å². The monoisotopic (exact) mass is 401 g/mol. The molecule has 9 nitrogen and oxygen atoms in total. The van der Waals surface area contributed by atoms with Crippen LogP contribution in [-0.2, 0) is 4.79 Å². The van der Waals surface area contributed by atoms with Crippen molar-refractivity contribution in [3.8, 4) is 17.2 Å². The molecule has 3 amide bonds. The first kappa shape index (κ1) is 21.5. The highest BCUT2D eigenvalue weighted by Crippen LogP contribution is 2.38. The van der Waals surface area contributed by atoms with Crippen LogP contribution in [-0.4, -0.2) is 45.6 Å². The largest absolute Gasteiger partial charge is 0.493 e. The lowest BCUT2D eigenvalue weighted by Crippen LogP contribution is -2.28. The van der Waals surface area contributed by atoms with Crippen molar-refractivity contribution in [2.45, 2.75) is 6.42 Å². The van der Waals surface area contributed by atoms with Crippen LogP contribution in [0.5, 0.6) is 17.2 Å². The number of benzene rings is 2. The number of amides is 3. The maximum absolute atomic E-state index is 12.8. The van der Waals surface area contributed by atoms with E-state index < -0.39 is 17.7 Å². The molecule has 4 N–H and O–H groups in total. The molecule has 0 saturated heterocycles. The maximum Gasteiger partial charge on any atom is 0.255 e. The lowest BCUT2D eigenvalue weighted by atomic mass is 10.1. The smallest absolute Gasteiger partial charge is 0.255 e. The standard InChI is InChI=1S/C20H23N3O6/c1-27-15-10-12(11-16(28-2)18(15)29-3)19(25)23-14-7-5-4-6-13(14)20(26)22-9-8-17(21)24/h4-7,10-11H,8-9H2,1-3H3,(H2,21,24)(H,22,26)(H,23,25). The molecule has 0 aliphatic heterocycles. The van der Waals surface area contributed by atoms with E-state index in [4.69, 9.17) is 19.9 Å². The number of para-hydroxylation sites is 1. The van der Waals surface area contributed by atoms with Gasteiger partial charge in [-0.1, -0.05) is 12.1 Å². The average Bonchev–Trinajstić information content (AvgIpc) is 2.72. The van der Waals surface area contributed by atoms with Crippen LogP contribution >= 0.6 is 0 Å². The van der Waals surface area contributed by atoms with E-state index in [1.807, 2.05) is 0 Å². The van der Waals surface area contributed by atoms with Crippen LogP contribution in [0.2, 0.25) is 0 Å². The first-order chi connectivity index (χ1) is 13.9. The van der Waals surface area contributed by atoms with Crippen molar-refractivity contribution in [2.24, 2.45) is 5.73 Å². The number of anilines is 1. The van der Waals surface area contributed by atoms with Gasteiger partial charge in [-0.2, -0.15) is 0 Å². The van der Waals surface area contributed by atoms with E-state index in [0.717, 1.165) is 0 Å². The minimum atomic E-state index is -0.519. The van der Waals surface area contributed by atoms with Crippen molar-refractivity contribution in [1.82, 2.24) is 5.32 Å². The Morgan fingerprint density at radius 2 is 1.55 bits per heavy atom. The van der Waals surface area contributed by atoms with Crippen molar-refractivity contribution in [3.63, 3.8) is 0 Å². The summed E-state index contributed by atoms with van der Waals surface area (Å²) in [6, 6.07) is 9.52. The van der Waals surface area contributed by atoms with Crippen molar-refractivity contribution in [2.75, 3.05) is 33.2 Å². The quantitative estimate of drug-likeness (QED) is 0.585. The Morgan fingerprint density at radius 1 is 0.931 bits per heavy atom. The Balaban J connectivity index is 2.25. The number of nitrogens with one attached hydrogen (secondary N) is 2. The first-order valence-electron chi connectivity index (χ1n) is 8.68. The van der Waals surface area contributed by atoms with E-state index in [9.17, 15) is 14.4 Å². The third-order valence-electron chi connectivity index (χ3n) is 4.00. The summed E-state index contributed by atoms with van der Waals surface area (Å²) >= 11 is 0. The van der Waals surface area contributed by atoms with Gasteiger partial charge in [0.1, 0.15) is 0 Å². The highest BCUT2D eigenvalue weighted by molar-refractivity contribution is 6.09. The molecule has 2 aromatic carbocycles. The van der Waals surface area contributed by atoms with Gasteiger partial charge in [0.25, 0.3) is 11.8 Å². The van der Waals surface area contributed by atoms with Gasteiger partial charge in [0.05, 0.1) is 32.6 Å². The van der Waals surface area contributed by atoms with Crippen molar-refractivity contribution in [1.29, 1.82) is 0 Å². The zero-order chi connectivity index (χ0) is 21.4. The van der Waals surface area contributed by atoms with Gasteiger partial charge in [-0.05, 0) is 24.3 Å². The van der Waals surface area contributed by atoms with E-state index in [0.29, 0.717) is 22.9 Å². The molecule has 9 heteroatoms. The Bertz CT molecular complexity index is 888. The summed E-state index contributed by atoms with van der Waals surface area (Å²) in [4.78, 5) is 36.0. The molecule has 2 rings (SSSR count). The van der Waals surface area contributed by atoms with Crippen LogP contribution in [0.3, 0.4) is 0 Å². The van der Waals surface area contributed by atoms with E-state index in [1.165, 1.54) is 33.5 Å². The second-order valence-corrected chi connectivity index (χ2v) is 5.89. The zero-order valence-corrected chi connectivity index (χ0v) is 16.4. The molecule has 0 radical (unpaired) electrons. The number of rotatable bonds is 9. The second-order valence-electron chi connectivity index (χ2n) is 5.89. The number of nitrogens with two attached hydrogens (primary N) is 1. The topological polar surface area (TPSA) is 129 Å². The van der Waals surface area contributed by atoms with Crippen molar-refractivity contribution >= 4 is 23.4 Å². The molecule has 154 valence electrons. The summed E-state index contributed by atoms with van der Waals surface area (Å²) in [7, 11) is 4.36. The zero-order valence-electron chi connectivity index (χ0n) is 16.4. The predicted molar refractivity (Wildman–Crippen MR) is 107 cm³/mol. The minimum Gasteiger partial charge on any atom is -0.493 e. The van der Waals surface area contributed by atoms with Crippen LogP contribution in [0.4, 0.5) is 5.69 Å². The van der Waals surface area contributed by atoms with Crippen LogP contribution in [0, 0.1) is 0 Å². The highest BCUT2D eigenvalue weighted by atomic mass is 16.5. The molecular formula is C20H23N3O6. The molecule has 0 bridgehead atoms. The molecule has 0 aromatic heterocycles. The number of hydrogen-bond donors (Lipinski definition) is 3. The lowest BCUT2D eigenvalue weighted by molar-refractivity contribution is -0.117. The molecule has 0 saturated carbocycles. The van der Waals surface area contributed by atoms with E-state index >= 15 is 0 Å². The van der Waals surface area contributed by atoms with Crippen LogP contribution in [0.1, 0.15) is 27.1 Å². The maximum atomic E-state index is 12.8. The van der Waals surface area contributed by atoms with Gasteiger partial charge in [-0.15, -0.1) is 0 Å². The summed E-state index contributed by atoms with van der Waals surface area (Å²) in [5, 5.41) is 5.29. The number of ether oxygens (including phenoxy) is 3. The summed E-state index contributed by atoms with van der Waals surface area (Å²) in [6.07, 6.45) is 0.0195.